The zero-order valence-electron chi connectivity index (χ0n) is 36.2. The van der Waals surface area contributed by atoms with Gasteiger partial charge < -0.3 is 19.5 Å². The van der Waals surface area contributed by atoms with E-state index in [9.17, 15) is 28.8 Å². The standard InChI is InChI=1S/C49H53N7O7/c1-5-29-26-34-35(49(2,3)45-43(44(34)59)32-14-13-30(50-4)27-36(32)51-45)28-38(29)54-19-17-31(18-20-54)53-21-23-55(24-22-53)41(58)12-7-6-8-25-63-39-11-9-10-33-42(39)48(62)56(47(33)61)37-15-16-40(57)52-46(37)60/h9-11,13-14,26-28,31,37,51H,5-8,12,15-25H2,1-3H3,(H,52,57,60). The minimum absolute atomic E-state index is 0.0406. The Morgan fingerprint density at radius 3 is 2.38 bits per heavy atom. The van der Waals surface area contributed by atoms with E-state index in [1.807, 2.05) is 17.0 Å². The molecule has 326 valence electrons. The highest BCUT2D eigenvalue weighted by molar-refractivity contribution is 6.24. The van der Waals surface area contributed by atoms with Crippen LogP contribution in [-0.4, -0.2) is 113 Å². The molecule has 0 radical (unpaired) electrons. The topological polar surface area (TPSA) is 157 Å². The van der Waals surface area contributed by atoms with E-state index in [2.05, 4.69) is 57.8 Å². The number of nitrogens with one attached hydrogen (secondary N) is 2. The Hall–Kier alpha value is -6.33. The molecular formula is C49H53N7O7. The Bertz CT molecular complexity index is 2610. The summed E-state index contributed by atoms with van der Waals surface area (Å²) in [4.78, 5) is 93.0. The molecule has 1 aliphatic carbocycles. The van der Waals surface area contributed by atoms with Crippen molar-refractivity contribution >= 4 is 57.6 Å². The Balaban J connectivity index is 0.733. The number of unbranched alkanes of at least 4 members (excludes halogenated alkanes) is 2. The number of anilines is 1. The van der Waals surface area contributed by atoms with Gasteiger partial charge in [-0.3, -0.25) is 43.9 Å². The van der Waals surface area contributed by atoms with Gasteiger partial charge in [-0.25, -0.2) is 4.85 Å². The normalized spacial score (nSPS) is 20.1. The first-order valence-corrected chi connectivity index (χ1v) is 22.4. The van der Waals surface area contributed by atoms with E-state index in [-0.39, 0.29) is 41.4 Å². The van der Waals surface area contributed by atoms with Crippen LogP contribution >= 0.6 is 0 Å². The first-order chi connectivity index (χ1) is 30.4. The van der Waals surface area contributed by atoms with Gasteiger partial charge in [0, 0.05) is 91.4 Å². The third kappa shape index (κ3) is 7.45. The minimum atomic E-state index is -1.04. The number of carbonyl (C=O) groups is 6. The second-order valence-corrected chi connectivity index (χ2v) is 18.0. The zero-order chi connectivity index (χ0) is 44.2. The Morgan fingerprint density at radius 1 is 0.873 bits per heavy atom. The molecule has 14 nitrogen and oxygen atoms in total. The van der Waals surface area contributed by atoms with Gasteiger partial charge in [0.05, 0.1) is 29.9 Å². The Morgan fingerprint density at radius 2 is 1.65 bits per heavy atom. The molecule has 1 unspecified atom stereocenters. The van der Waals surface area contributed by atoms with Gasteiger partial charge in [-0.15, -0.1) is 0 Å². The summed E-state index contributed by atoms with van der Waals surface area (Å²) in [6.45, 7) is 19.3. The van der Waals surface area contributed by atoms with Crippen LogP contribution in [0.2, 0.25) is 0 Å². The highest BCUT2D eigenvalue weighted by Gasteiger charge is 2.46. The molecule has 3 saturated heterocycles. The van der Waals surface area contributed by atoms with Crippen LogP contribution in [0.3, 0.4) is 0 Å². The van der Waals surface area contributed by atoms with Crippen LogP contribution < -0.4 is 15.0 Å². The number of ether oxygens (including phenoxy) is 1. The number of ketones is 1. The van der Waals surface area contributed by atoms with E-state index in [1.165, 1.54) is 11.3 Å². The van der Waals surface area contributed by atoms with Crippen molar-refractivity contribution in [1.29, 1.82) is 0 Å². The maximum absolute atomic E-state index is 14.1. The van der Waals surface area contributed by atoms with Crippen LogP contribution in [0.25, 0.3) is 15.7 Å². The molecule has 0 spiro atoms. The number of aryl methyl sites for hydroxylation is 1. The number of hydrogen-bond donors (Lipinski definition) is 2. The number of piperazine rings is 1. The smallest absolute Gasteiger partial charge is 0.266 e. The molecule has 4 aromatic rings. The first kappa shape index (κ1) is 42.0. The summed E-state index contributed by atoms with van der Waals surface area (Å²) in [6, 6.07) is 14.2. The van der Waals surface area contributed by atoms with E-state index in [0.717, 1.165) is 96.5 Å². The van der Waals surface area contributed by atoms with Crippen LogP contribution in [0.5, 0.6) is 5.75 Å². The Labute approximate surface area is 366 Å². The van der Waals surface area contributed by atoms with Crippen LogP contribution in [0.1, 0.15) is 126 Å². The van der Waals surface area contributed by atoms with Crippen molar-refractivity contribution in [2.24, 2.45) is 0 Å². The van der Waals surface area contributed by atoms with Gasteiger partial charge in [-0.1, -0.05) is 39.0 Å². The molecule has 3 fully saturated rings. The molecule has 0 bridgehead atoms. The number of benzene rings is 3. The van der Waals surface area contributed by atoms with Gasteiger partial charge in [0.15, 0.2) is 11.5 Å². The quantitative estimate of drug-likeness (QED) is 0.100. The van der Waals surface area contributed by atoms with Crippen molar-refractivity contribution in [2.45, 2.75) is 96.1 Å². The summed E-state index contributed by atoms with van der Waals surface area (Å²) in [6.07, 6.45) is 5.64. The highest BCUT2D eigenvalue weighted by Crippen LogP contribution is 2.46. The number of rotatable bonds is 11. The number of piperidine rings is 2. The number of H-pyrrole nitrogens is 1. The van der Waals surface area contributed by atoms with Crippen molar-refractivity contribution in [3.8, 4) is 5.75 Å². The first-order valence-electron chi connectivity index (χ1n) is 22.4. The van der Waals surface area contributed by atoms with E-state index in [4.69, 9.17) is 11.3 Å². The third-order valence-electron chi connectivity index (χ3n) is 14.0. The van der Waals surface area contributed by atoms with Crippen molar-refractivity contribution in [3.63, 3.8) is 0 Å². The van der Waals surface area contributed by atoms with Gasteiger partial charge in [0.25, 0.3) is 11.8 Å². The summed E-state index contributed by atoms with van der Waals surface area (Å²) in [5, 5.41) is 3.08. The molecule has 1 aromatic heterocycles. The number of amides is 5. The molecule has 5 aliphatic rings. The summed E-state index contributed by atoms with van der Waals surface area (Å²) in [5.74, 6) is -1.75. The van der Waals surface area contributed by atoms with E-state index >= 15 is 0 Å². The molecule has 5 amide bonds. The fourth-order valence-corrected chi connectivity index (χ4v) is 10.5. The van der Waals surface area contributed by atoms with Crippen molar-refractivity contribution in [3.05, 3.63) is 99.0 Å². The lowest BCUT2D eigenvalue weighted by Gasteiger charge is -2.44. The number of aromatic nitrogens is 1. The van der Waals surface area contributed by atoms with Crippen LogP contribution in [0, 0.1) is 6.57 Å². The second kappa shape index (κ2) is 16.7. The van der Waals surface area contributed by atoms with Gasteiger partial charge in [0.1, 0.15) is 11.8 Å². The average Bonchev–Trinajstić information content (AvgIpc) is 3.81. The lowest BCUT2D eigenvalue weighted by Crippen LogP contribution is -2.54. The molecule has 1 atom stereocenters. The van der Waals surface area contributed by atoms with Gasteiger partial charge >= 0.3 is 0 Å². The maximum Gasteiger partial charge on any atom is 0.266 e. The predicted octanol–water partition coefficient (Wildman–Crippen LogP) is 6.30. The average molecular weight is 852 g/mol. The van der Waals surface area contributed by atoms with E-state index in [0.29, 0.717) is 44.3 Å². The van der Waals surface area contributed by atoms with Crippen LogP contribution in [0.15, 0.2) is 48.5 Å². The van der Waals surface area contributed by atoms with Crippen molar-refractivity contribution < 1.29 is 33.5 Å². The maximum atomic E-state index is 14.1. The monoisotopic (exact) mass is 851 g/mol. The van der Waals surface area contributed by atoms with Crippen molar-refractivity contribution in [1.82, 2.24) is 25.0 Å². The van der Waals surface area contributed by atoms with Crippen LogP contribution in [0.4, 0.5) is 11.4 Å². The van der Waals surface area contributed by atoms with Crippen LogP contribution in [-0.2, 0) is 26.2 Å². The van der Waals surface area contributed by atoms with Gasteiger partial charge in [0.2, 0.25) is 17.7 Å². The summed E-state index contributed by atoms with van der Waals surface area (Å²) in [7, 11) is 0. The lowest BCUT2D eigenvalue weighted by atomic mass is 9.70. The molecule has 9 rings (SSSR count). The summed E-state index contributed by atoms with van der Waals surface area (Å²) in [5.41, 5.74) is 7.08. The largest absolute Gasteiger partial charge is 0.493 e. The van der Waals surface area contributed by atoms with Gasteiger partial charge in [-0.2, -0.15) is 0 Å². The Kier molecular flexibility index (Phi) is 11.2. The van der Waals surface area contributed by atoms with Crippen molar-refractivity contribution in [2.75, 3.05) is 50.8 Å². The molecule has 5 heterocycles. The number of aromatic amines is 1. The summed E-state index contributed by atoms with van der Waals surface area (Å²) >= 11 is 0. The zero-order valence-corrected chi connectivity index (χ0v) is 36.2. The minimum Gasteiger partial charge on any atom is -0.493 e. The number of hydrogen-bond acceptors (Lipinski definition) is 9. The molecule has 0 saturated carbocycles. The number of carbonyl (C=O) groups excluding carboxylic acids is 6. The molecular weight excluding hydrogens is 799 g/mol. The number of fused-ring (bicyclic) bond motifs is 5. The fraction of sp³-hybridized carbons (Fsp3) is 0.449. The lowest BCUT2D eigenvalue weighted by molar-refractivity contribution is -0.136. The number of imide groups is 2. The molecule has 14 heteroatoms. The second-order valence-electron chi connectivity index (χ2n) is 18.0. The molecule has 4 aliphatic heterocycles. The fourth-order valence-electron chi connectivity index (χ4n) is 10.5. The van der Waals surface area contributed by atoms with E-state index in [1.54, 1.807) is 24.3 Å². The third-order valence-corrected chi connectivity index (χ3v) is 14.0. The predicted molar refractivity (Wildman–Crippen MR) is 236 cm³/mol. The van der Waals surface area contributed by atoms with Gasteiger partial charge in [-0.05, 0) is 86.4 Å². The summed E-state index contributed by atoms with van der Waals surface area (Å²) < 4.78 is 5.97. The SMILES string of the molecule is [C-]#[N+]c1ccc2c3c([nH]c2c1)C(C)(C)c1cc(N2CCC(N4CCN(C(=O)CCCCCOc5cccc6c5C(=O)N(C5CCC(=O)NC5=O)C6=O)CC4)CC2)c(CC)cc1C3=O. The number of nitrogens with zero attached hydrogens (tertiary/aromatic N) is 5. The van der Waals surface area contributed by atoms with E-state index < -0.39 is 35.1 Å². The molecule has 3 aromatic carbocycles. The molecule has 63 heavy (non-hydrogen) atoms. The molecule has 2 N–H and O–H groups in total. The highest BCUT2D eigenvalue weighted by atomic mass is 16.5.